The SMILES string of the molecule is C1CCC2C3NC(NC4NC(NC5NC(NC6NC(N3)C3CCCCC63)C3CCCCC53)C3CCCCC43)C2C1.Cc1ccc(C(=O)O)cc1. The number of benzene rings is 1. The second-order valence-electron chi connectivity index (χ2n) is 17.8. The zero-order valence-corrected chi connectivity index (χ0v) is 30.2. The molecule has 9 fully saturated rings. The van der Waals surface area contributed by atoms with Crippen LogP contribution < -0.4 is 42.5 Å². The van der Waals surface area contributed by atoms with Crippen molar-refractivity contribution in [2.24, 2.45) is 47.3 Å². The van der Waals surface area contributed by atoms with Crippen molar-refractivity contribution in [2.75, 3.05) is 0 Å². The van der Waals surface area contributed by atoms with Gasteiger partial charge in [0.1, 0.15) is 0 Å². The minimum Gasteiger partial charge on any atom is -0.478 e. The number of fused-ring (bicyclic) bond motifs is 20. The maximum atomic E-state index is 10.3. The topological polar surface area (TPSA) is 134 Å². The van der Waals surface area contributed by atoms with Gasteiger partial charge < -0.3 is 5.11 Å². The van der Waals surface area contributed by atoms with E-state index in [2.05, 4.69) is 42.5 Å². The van der Waals surface area contributed by atoms with Gasteiger partial charge in [0, 0.05) is 0 Å². The molecule has 10 rings (SSSR count). The summed E-state index contributed by atoms with van der Waals surface area (Å²) in [5, 5.41) is 42.3. The van der Waals surface area contributed by atoms with E-state index in [-0.39, 0.29) is 0 Å². The number of aryl methyl sites for hydroxylation is 1. The zero-order chi connectivity index (χ0) is 33.8. The first kappa shape index (κ1) is 34.2. The monoisotopic (exact) mass is 689 g/mol. The van der Waals surface area contributed by atoms with Gasteiger partial charge in [-0.15, -0.1) is 0 Å². The average molecular weight is 689 g/mol. The summed E-state index contributed by atoms with van der Waals surface area (Å²) < 4.78 is 0. The number of nitrogens with one attached hydrogen (secondary N) is 8. The van der Waals surface area contributed by atoms with Crippen LogP contribution in [-0.4, -0.2) is 60.4 Å². The van der Waals surface area contributed by atoms with Gasteiger partial charge in [-0.05, 0) is 118 Å². The van der Waals surface area contributed by atoms with E-state index < -0.39 is 5.97 Å². The van der Waals surface area contributed by atoms with Crippen LogP contribution in [0.1, 0.15) is 119 Å². The summed E-state index contributed by atoms with van der Waals surface area (Å²) in [5.41, 5.74) is 1.41. The number of carboxylic acids is 1. The standard InChI is InChI=1S/C32H56N8.C8H8O2/c1-2-10-18-17(9-1)25-33-26(18)38-28-21-13-5-6-14-22(21)30(35-28)40-32-24-16-8-7-15-23(24)31(36-32)39-29-20-12-4-3-11-19(20)27(34-29)37-25;1-6-2-4-7(5-3-6)8(9)10/h17-40H,1-16H2;2-5H,1H3,(H,9,10). The third kappa shape index (κ3) is 6.59. The summed E-state index contributed by atoms with van der Waals surface area (Å²) in [6.45, 7) is 1.92. The Labute approximate surface area is 299 Å². The van der Waals surface area contributed by atoms with Crippen LogP contribution in [0.25, 0.3) is 0 Å². The van der Waals surface area contributed by atoms with Crippen molar-refractivity contribution < 1.29 is 9.90 Å². The molecule has 276 valence electrons. The molecule has 5 heterocycles. The van der Waals surface area contributed by atoms with E-state index in [9.17, 15) is 4.79 Å². The Kier molecular flexibility index (Phi) is 10.0. The lowest BCUT2D eigenvalue weighted by Gasteiger charge is -2.35. The van der Waals surface area contributed by atoms with Crippen LogP contribution in [0.15, 0.2) is 24.3 Å². The van der Waals surface area contributed by atoms with Gasteiger partial charge in [-0.1, -0.05) is 69.1 Å². The van der Waals surface area contributed by atoms with Gasteiger partial charge in [0.2, 0.25) is 0 Å². The molecule has 50 heavy (non-hydrogen) atoms. The molecule has 9 N–H and O–H groups in total. The van der Waals surface area contributed by atoms with Crippen LogP contribution in [0.3, 0.4) is 0 Å². The number of aromatic carboxylic acids is 1. The first-order valence-corrected chi connectivity index (χ1v) is 20.9. The summed E-state index contributed by atoms with van der Waals surface area (Å²) in [5.74, 6) is 5.09. The number of carboxylic acid groups (broad SMARTS) is 1. The van der Waals surface area contributed by atoms with E-state index in [1.54, 1.807) is 24.3 Å². The van der Waals surface area contributed by atoms with Crippen molar-refractivity contribution in [3.05, 3.63) is 35.4 Å². The molecular formula is C40H64N8O2. The summed E-state index contributed by atoms with van der Waals surface area (Å²) in [6, 6.07) is 6.75. The van der Waals surface area contributed by atoms with Crippen molar-refractivity contribution in [1.82, 2.24) is 42.5 Å². The quantitative estimate of drug-likeness (QED) is 0.211. The molecule has 1 aromatic rings. The van der Waals surface area contributed by atoms with E-state index in [0.29, 0.717) is 54.9 Å². The Morgan fingerprint density at radius 3 is 0.800 bits per heavy atom. The zero-order valence-electron chi connectivity index (χ0n) is 30.2. The highest BCUT2D eigenvalue weighted by Crippen LogP contribution is 2.45. The molecule has 4 saturated carbocycles. The molecule has 0 radical (unpaired) electrons. The maximum Gasteiger partial charge on any atom is 0.335 e. The maximum absolute atomic E-state index is 10.3. The second kappa shape index (κ2) is 14.7. The van der Waals surface area contributed by atoms with Gasteiger partial charge in [-0.2, -0.15) is 0 Å². The third-order valence-corrected chi connectivity index (χ3v) is 15.1. The van der Waals surface area contributed by atoms with E-state index in [4.69, 9.17) is 5.11 Å². The molecule has 1 aromatic carbocycles. The van der Waals surface area contributed by atoms with Crippen LogP contribution in [-0.2, 0) is 0 Å². The Balaban J connectivity index is 0.000000293. The Morgan fingerprint density at radius 2 is 0.620 bits per heavy atom. The van der Waals surface area contributed by atoms with Crippen molar-refractivity contribution in [3.8, 4) is 0 Å². The predicted octanol–water partition coefficient (Wildman–Crippen LogP) is 4.30. The molecule has 0 spiro atoms. The van der Waals surface area contributed by atoms with Crippen LogP contribution in [0.2, 0.25) is 0 Å². The fourth-order valence-electron chi connectivity index (χ4n) is 12.7. The molecular weight excluding hydrogens is 624 g/mol. The first-order valence-electron chi connectivity index (χ1n) is 20.9. The highest BCUT2D eigenvalue weighted by Gasteiger charge is 2.54. The lowest BCUT2D eigenvalue weighted by atomic mass is 9.76. The lowest BCUT2D eigenvalue weighted by molar-refractivity contribution is 0.0697. The Hall–Kier alpha value is -1.63. The van der Waals surface area contributed by atoms with Gasteiger partial charge in [0.25, 0.3) is 0 Å². The third-order valence-electron chi connectivity index (χ3n) is 15.1. The van der Waals surface area contributed by atoms with E-state index in [1.807, 2.05) is 6.92 Å². The molecule has 0 amide bonds. The van der Waals surface area contributed by atoms with Gasteiger partial charge in [-0.25, -0.2) is 4.79 Å². The van der Waals surface area contributed by atoms with Gasteiger partial charge in [0.05, 0.1) is 54.9 Å². The van der Waals surface area contributed by atoms with E-state index >= 15 is 0 Å². The van der Waals surface area contributed by atoms with Crippen molar-refractivity contribution in [2.45, 2.75) is 159 Å². The molecule has 10 nitrogen and oxygen atoms in total. The fourth-order valence-corrected chi connectivity index (χ4v) is 12.7. The van der Waals surface area contributed by atoms with Crippen LogP contribution in [0.5, 0.6) is 0 Å². The van der Waals surface area contributed by atoms with Crippen molar-refractivity contribution >= 4 is 5.97 Å². The molecule has 0 aromatic heterocycles. The first-order chi connectivity index (χ1) is 24.5. The smallest absolute Gasteiger partial charge is 0.335 e. The normalized spacial score (nSPS) is 47.9. The van der Waals surface area contributed by atoms with Crippen molar-refractivity contribution in [1.29, 1.82) is 0 Å². The number of rotatable bonds is 1. The van der Waals surface area contributed by atoms with Crippen LogP contribution in [0.4, 0.5) is 0 Å². The number of carbonyl (C=O) groups is 1. The molecule has 8 unspecified atom stereocenters. The molecule has 8 bridgehead atoms. The molecule has 8 atom stereocenters. The summed E-state index contributed by atoms with van der Waals surface area (Å²) in [4.78, 5) is 10.3. The number of hydrogen-bond donors (Lipinski definition) is 9. The fraction of sp³-hybridized carbons (Fsp3) is 0.825. The highest BCUT2D eigenvalue weighted by molar-refractivity contribution is 5.87. The summed E-state index contributed by atoms with van der Waals surface area (Å²) in [6.07, 6.45) is 25.6. The van der Waals surface area contributed by atoms with E-state index in [0.717, 1.165) is 52.9 Å². The highest BCUT2D eigenvalue weighted by atomic mass is 16.4. The van der Waals surface area contributed by atoms with Gasteiger partial charge >= 0.3 is 5.97 Å². The van der Waals surface area contributed by atoms with Crippen molar-refractivity contribution in [3.63, 3.8) is 0 Å². The van der Waals surface area contributed by atoms with Gasteiger partial charge in [0.15, 0.2) is 0 Å². The molecule has 4 aliphatic carbocycles. The Morgan fingerprint density at radius 1 is 0.420 bits per heavy atom. The predicted molar refractivity (Wildman–Crippen MR) is 195 cm³/mol. The largest absolute Gasteiger partial charge is 0.478 e. The Bertz CT molecular complexity index is 1120. The molecule has 10 heteroatoms. The molecule has 5 aliphatic heterocycles. The number of hydrogen-bond acceptors (Lipinski definition) is 9. The summed E-state index contributed by atoms with van der Waals surface area (Å²) >= 11 is 0. The average Bonchev–Trinajstić information content (AvgIpc) is 3.88. The second-order valence-corrected chi connectivity index (χ2v) is 17.8. The molecule has 9 aliphatic rings. The lowest BCUT2D eigenvalue weighted by Crippen LogP contribution is -2.61. The van der Waals surface area contributed by atoms with Crippen LogP contribution >= 0.6 is 0 Å². The molecule has 5 saturated heterocycles. The van der Waals surface area contributed by atoms with Crippen LogP contribution in [0, 0.1) is 54.3 Å². The summed E-state index contributed by atoms with van der Waals surface area (Å²) in [7, 11) is 0. The van der Waals surface area contributed by atoms with Gasteiger partial charge in [-0.3, -0.25) is 42.5 Å². The minimum atomic E-state index is -0.875. The van der Waals surface area contributed by atoms with E-state index in [1.165, 1.54) is 103 Å². The minimum absolute atomic E-state index is 0.339.